The highest BCUT2D eigenvalue weighted by Crippen LogP contribution is 2.37. The Morgan fingerprint density at radius 1 is 1.24 bits per heavy atom. The van der Waals surface area contributed by atoms with E-state index in [1.165, 1.54) is 42.2 Å². The summed E-state index contributed by atoms with van der Waals surface area (Å²) in [7, 11) is 0. The Kier molecular flexibility index (Phi) is 4.94. The molecule has 0 spiro atoms. The Morgan fingerprint density at radius 3 is 2.81 bits per heavy atom. The molecule has 1 saturated carbocycles. The monoisotopic (exact) mass is 304 g/mol. The fraction of sp³-hybridized carbons (Fsp3) is 0.556. The molecule has 1 fully saturated rings. The molecule has 2 aromatic rings. The first kappa shape index (κ1) is 15.0. The number of hydrogen-bond acceptors (Lipinski definition) is 3. The maximum atomic E-state index is 11.0. The third-order valence-corrected chi connectivity index (χ3v) is 5.59. The molecule has 3 rings (SSSR count). The van der Waals surface area contributed by atoms with Gasteiger partial charge in [0.1, 0.15) is 6.10 Å². The van der Waals surface area contributed by atoms with Gasteiger partial charge in [-0.2, -0.15) is 0 Å². The minimum atomic E-state index is -0.518. The summed E-state index contributed by atoms with van der Waals surface area (Å²) in [6.07, 6.45) is 5.64. The van der Waals surface area contributed by atoms with Gasteiger partial charge in [0, 0.05) is 16.9 Å². The molecule has 3 heteroatoms. The summed E-state index contributed by atoms with van der Waals surface area (Å²) in [6, 6.07) is 8.32. The van der Waals surface area contributed by atoms with E-state index in [-0.39, 0.29) is 6.10 Å². The molecular weight excluding hydrogens is 280 g/mol. The van der Waals surface area contributed by atoms with Crippen molar-refractivity contribution in [2.75, 3.05) is 6.61 Å². The number of hydrogen-bond donors (Lipinski definition) is 1. The standard InChI is InChI=1S/C18H24O2S/c1-2-20-17(13-7-4-3-5-8-13)16(19)15-10-6-9-14-11-12-21-18(14)15/h6,9-13,16-17,19H,2-5,7-8H2,1H3. The van der Waals surface area contributed by atoms with Crippen molar-refractivity contribution in [1.29, 1.82) is 0 Å². The van der Waals surface area contributed by atoms with Gasteiger partial charge >= 0.3 is 0 Å². The maximum Gasteiger partial charge on any atom is 0.107 e. The minimum Gasteiger partial charge on any atom is -0.386 e. The zero-order valence-electron chi connectivity index (χ0n) is 12.6. The summed E-state index contributed by atoms with van der Waals surface area (Å²) in [6.45, 7) is 2.69. The summed E-state index contributed by atoms with van der Waals surface area (Å²) in [5.74, 6) is 0.490. The van der Waals surface area contributed by atoms with Crippen LogP contribution in [-0.2, 0) is 4.74 Å². The van der Waals surface area contributed by atoms with Gasteiger partial charge in [0.05, 0.1) is 6.10 Å². The van der Waals surface area contributed by atoms with E-state index >= 15 is 0 Å². The van der Waals surface area contributed by atoms with E-state index in [2.05, 4.69) is 23.6 Å². The molecule has 1 heterocycles. The topological polar surface area (TPSA) is 29.5 Å². The third kappa shape index (κ3) is 3.15. The highest BCUT2D eigenvalue weighted by Gasteiger charge is 2.31. The summed E-state index contributed by atoms with van der Waals surface area (Å²) in [5.41, 5.74) is 1.03. The van der Waals surface area contributed by atoms with E-state index in [9.17, 15) is 5.11 Å². The van der Waals surface area contributed by atoms with Gasteiger partial charge in [-0.25, -0.2) is 0 Å². The number of benzene rings is 1. The smallest absolute Gasteiger partial charge is 0.107 e. The first-order valence-electron chi connectivity index (χ1n) is 8.07. The number of ether oxygens (including phenoxy) is 1. The van der Waals surface area contributed by atoms with Crippen LogP contribution in [0.2, 0.25) is 0 Å². The molecule has 1 aliphatic rings. The lowest BCUT2D eigenvalue weighted by Gasteiger charge is -2.33. The number of thiophene rings is 1. The van der Waals surface area contributed by atoms with Crippen LogP contribution in [0.1, 0.15) is 50.7 Å². The number of rotatable bonds is 5. The Hall–Kier alpha value is -0.900. The number of aliphatic hydroxyl groups excluding tert-OH is 1. The number of fused-ring (bicyclic) bond motifs is 1. The van der Waals surface area contributed by atoms with Gasteiger partial charge in [0.2, 0.25) is 0 Å². The molecule has 0 amide bonds. The second-order valence-electron chi connectivity index (χ2n) is 5.95. The zero-order valence-corrected chi connectivity index (χ0v) is 13.4. The quantitative estimate of drug-likeness (QED) is 0.849. The van der Waals surface area contributed by atoms with Gasteiger partial charge in [0.25, 0.3) is 0 Å². The van der Waals surface area contributed by atoms with Crippen molar-refractivity contribution in [1.82, 2.24) is 0 Å². The fourth-order valence-corrected chi connectivity index (χ4v) is 4.51. The van der Waals surface area contributed by atoms with E-state index in [1.807, 2.05) is 13.0 Å². The van der Waals surface area contributed by atoms with Gasteiger partial charge < -0.3 is 9.84 Å². The van der Waals surface area contributed by atoms with Gasteiger partial charge in [-0.1, -0.05) is 37.5 Å². The van der Waals surface area contributed by atoms with Crippen molar-refractivity contribution in [3.63, 3.8) is 0 Å². The van der Waals surface area contributed by atoms with E-state index in [4.69, 9.17) is 4.74 Å². The van der Waals surface area contributed by atoms with Gasteiger partial charge in [0.15, 0.2) is 0 Å². The first-order valence-corrected chi connectivity index (χ1v) is 8.95. The van der Waals surface area contributed by atoms with E-state index in [0.29, 0.717) is 12.5 Å². The third-order valence-electron chi connectivity index (χ3n) is 4.61. The van der Waals surface area contributed by atoms with Crippen molar-refractivity contribution in [3.05, 3.63) is 35.2 Å². The van der Waals surface area contributed by atoms with Crippen molar-refractivity contribution in [2.45, 2.75) is 51.2 Å². The zero-order chi connectivity index (χ0) is 14.7. The molecule has 1 aromatic carbocycles. The lowest BCUT2D eigenvalue weighted by atomic mass is 9.81. The predicted molar refractivity (Wildman–Crippen MR) is 88.8 cm³/mol. The maximum absolute atomic E-state index is 11.0. The molecule has 1 aromatic heterocycles. The average Bonchev–Trinajstić information content (AvgIpc) is 3.01. The highest BCUT2D eigenvalue weighted by molar-refractivity contribution is 7.17. The molecular formula is C18H24O2S. The lowest BCUT2D eigenvalue weighted by molar-refractivity contribution is -0.0733. The lowest BCUT2D eigenvalue weighted by Crippen LogP contribution is -2.32. The van der Waals surface area contributed by atoms with Crippen LogP contribution < -0.4 is 0 Å². The van der Waals surface area contributed by atoms with Gasteiger partial charge in [-0.15, -0.1) is 11.3 Å². The summed E-state index contributed by atoms with van der Waals surface area (Å²) in [5, 5.41) is 14.3. The predicted octanol–water partition coefficient (Wildman–Crippen LogP) is 4.92. The van der Waals surface area contributed by atoms with Crippen LogP contribution in [-0.4, -0.2) is 17.8 Å². The van der Waals surface area contributed by atoms with Crippen LogP contribution in [0, 0.1) is 5.92 Å². The first-order chi connectivity index (χ1) is 10.3. The molecule has 0 radical (unpaired) electrons. The molecule has 2 unspecified atom stereocenters. The van der Waals surface area contributed by atoms with Crippen LogP contribution in [0.4, 0.5) is 0 Å². The molecule has 0 aliphatic heterocycles. The fourth-order valence-electron chi connectivity index (χ4n) is 3.57. The van der Waals surface area contributed by atoms with Gasteiger partial charge in [-0.3, -0.25) is 0 Å². The minimum absolute atomic E-state index is 0.0667. The molecule has 1 aliphatic carbocycles. The summed E-state index contributed by atoms with van der Waals surface area (Å²) < 4.78 is 7.18. The van der Waals surface area contributed by atoms with Gasteiger partial charge in [-0.05, 0) is 42.5 Å². The van der Waals surface area contributed by atoms with Crippen LogP contribution in [0.3, 0.4) is 0 Å². The van der Waals surface area contributed by atoms with Crippen LogP contribution in [0.15, 0.2) is 29.6 Å². The number of aliphatic hydroxyl groups is 1. The van der Waals surface area contributed by atoms with Crippen molar-refractivity contribution in [3.8, 4) is 0 Å². The van der Waals surface area contributed by atoms with E-state index < -0.39 is 6.10 Å². The van der Waals surface area contributed by atoms with Crippen LogP contribution >= 0.6 is 11.3 Å². The molecule has 2 nitrogen and oxygen atoms in total. The molecule has 0 saturated heterocycles. The molecule has 0 bridgehead atoms. The average molecular weight is 304 g/mol. The second kappa shape index (κ2) is 6.91. The van der Waals surface area contributed by atoms with E-state index in [0.717, 1.165) is 5.56 Å². The molecule has 114 valence electrons. The Morgan fingerprint density at radius 2 is 2.05 bits per heavy atom. The van der Waals surface area contributed by atoms with Crippen LogP contribution in [0.5, 0.6) is 0 Å². The van der Waals surface area contributed by atoms with Crippen molar-refractivity contribution >= 4 is 21.4 Å². The SMILES string of the molecule is CCOC(C1CCCCC1)C(O)c1cccc2ccsc12. The molecule has 2 atom stereocenters. The second-order valence-corrected chi connectivity index (χ2v) is 6.87. The molecule has 21 heavy (non-hydrogen) atoms. The molecule has 1 N–H and O–H groups in total. The van der Waals surface area contributed by atoms with Crippen LogP contribution in [0.25, 0.3) is 10.1 Å². The van der Waals surface area contributed by atoms with Crippen molar-refractivity contribution in [2.24, 2.45) is 5.92 Å². The Bertz CT molecular complexity index is 571. The van der Waals surface area contributed by atoms with Crippen molar-refractivity contribution < 1.29 is 9.84 Å². The highest BCUT2D eigenvalue weighted by atomic mass is 32.1. The Balaban J connectivity index is 1.89. The summed E-state index contributed by atoms with van der Waals surface area (Å²) in [4.78, 5) is 0. The normalized spacial score (nSPS) is 19.7. The summed E-state index contributed by atoms with van der Waals surface area (Å²) >= 11 is 1.71. The largest absolute Gasteiger partial charge is 0.386 e. The van der Waals surface area contributed by atoms with E-state index in [1.54, 1.807) is 11.3 Å². The Labute approximate surface area is 130 Å².